The molecule has 0 saturated heterocycles. The molecule has 0 aromatic carbocycles. The van der Waals surface area contributed by atoms with E-state index in [-0.39, 0.29) is 0 Å². The summed E-state index contributed by atoms with van der Waals surface area (Å²) in [6.45, 7) is 2.01. The Labute approximate surface area is 84.3 Å². The van der Waals surface area contributed by atoms with Gasteiger partial charge in [0.15, 0.2) is 0 Å². The van der Waals surface area contributed by atoms with Crippen molar-refractivity contribution in [2.24, 2.45) is 0 Å². The Bertz CT molecular complexity index is 450. The van der Waals surface area contributed by atoms with Crippen molar-refractivity contribution in [3.8, 4) is 5.75 Å². The summed E-state index contributed by atoms with van der Waals surface area (Å²) in [5.41, 5.74) is 2.08. The Hall–Kier alpha value is -1.03. The number of aromatic amines is 1. The molecule has 0 atom stereocenters. The second kappa shape index (κ2) is 3.03. The molecular formula is C9H9BrN2O. The molecule has 0 fully saturated rings. The highest BCUT2D eigenvalue weighted by atomic mass is 79.9. The van der Waals surface area contributed by atoms with Crippen LogP contribution < -0.4 is 4.74 Å². The summed E-state index contributed by atoms with van der Waals surface area (Å²) >= 11 is 3.38. The van der Waals surface area contributed by atoms with Crippen LogP contribution in [0.4, 0.5) is 0 Å². The Morgan fingerprint density at radius 1 is 1.54 bits per heavy atom. The smallest absolute Gasteiger partial charge is 0.146 e. The molecule has 0 bridgehead atoms. The molecule has 0 amide bonds. The fraction of sp³-hybridized carbons (Fsp3) is 0.222. The lowest BCUT2D eigenvalue weighted by molar-refractivity contribution is 0.418. The van der Waals surface area contributed by atoms with Crippen LogP contribution in [0.5, 0.6) is 5.75 Å². The summed E-state index contributed by atoms with van der Waals surface area (Å²) in [6.07, 6.45) is 1.71. The van der Waals surface area contributed by atoms with Crippen molar-refractivity contribution in [1.82, 2.24) is 9.97 Å². The number of halogens is 1. The van der Waals surface area contributed by atoms with Gasteiger partial charge in [-0.3, -0.25) is 0 Å². The third-order valence-electron chi connectivity index (χ3n) is 1.94. The van der Waals surface area contributed by atoms with Gasteiger partial charge in [0.25, 0.3) is 0 Å². The molecule has 0 aliphatic heterocycles. The minimum atomic E-state index is 0.794. The number of rotatable bonds is 1. The first kappa shape index (κ1) is 8.56. The number of methoxy groups -OCH3 is 1. The van der Waals surface area contributed by atoms with Crippen LogP contribution in [-0.2, 0) is 0 Å². The lowest BCUT2D eigenvalue weighted by atomic mass is 10.3. The first-order valence-electron chi connectivity index (χ1n) is 3.90. The van der Waals surface area contributed by atoms with Gasteiger partial charge in [-0.15, -0.1) is 0 Å². The summed E-state index contributed by atoms with van der Waals surface area (Å²) in [5, 5.41) is 1.06. The first-order chi connectivity index (χ1) is 6.22. The largest absolute Gasteiger partial charge is 0.494 e. The SMILES string of the molecule is COc1cnc(Br)c2[nH]c(C)cc12. The van der Waals surface area contributed by atoms with Crippen molar-refractivity contribution in [2.75, 3.05) is 7.11 Å². The number of hydrogen-bond donors (Lipinski definition) is 1. The van der Waals surface area contributed by atoms with E-state index in [1.165, 1.54) is 0 Å². The molecule has 0 spiro atoms. The number of aryl methyl sites for hydroxylation is 1. The molecule has 68 valence electrons. The van der Waals surface area contributed by atoms with Crippen LogP contribution in [0.25, 0.3) is 10.9 Å². The molecule has 1 N–H and O–H groups in total. The van der Waals surface area contributed by atoms with Crippen LogP contribution in [0, 0.1) is 6.92 Å². The van der Waals surface area contributed by atoms with Gasteiger partial charge in [-0.05, 0) is 28.9 Å². The van der Waals surface area contributed by atoms with Gasteiger partial charge in [-0.25, -0.2) is 4.98 Å². The number of H-pyrrole nitrogens is 1. The van der Waals surface area contributed by atoms with Crippen molar-refractivity contribution in [3.63, 3.8) is 0 Å². The number of aromatic nitrogens is 2. The normalized spacial score (nSPS) is 10.7. The van der Waals surface area contributed by atoms with Gasteiger partial charge in [-0.1, -0.05) is 0 Å². The molecule has 0 aliphatic rings. The lowest BCUT2D eigenvalue weighted by Crippen LogP contribution is -1.86. The van der Waals surface area contributed by atoms with E-state index in [1.54, 1.807) is 13.3 Å². The minimum Gasteiger partial charge on any atom is -0.494 e. The summed E-state index contributed by atoms with van der Waals surface area (Å²) < 4.78 is 6.01. The van der Waals surface area contributed by atoms with E-state index in [4.69, 9.17) is 4.74 Å². The second-order valence-corrected chi connectivity index (χ2v) is 3.61. The molecule has 0 saturated carbocycles. The molecule has 0 unspecified atom stereocenters. The number of hydrogen-bond acceptors (Lipinski definition) is 2. The van der Waals surface area contributed by atoms with Gasteiger partial charge in [0, 0.05) is 11.1 Å². The van der Waals surface area contributed by atoms with Gasteiger partial charge in [-0.2, -0.15) is 0 Å². The molecule has 13 heavy (non-hydrogen) atoms. The van der Waals surface area contributed by atoms with Gasteiger partial charge in [0.2, 0.25) is 0 Å². The summed E-state index contributed by atoms with van der Waals surface area (Å²) in [7, 11) is 1.65. The zero-order chi connectivity index (χ0) is 9.42. The highest BCUT2D eigenvalue weighted by Crippen LogP contribution is 2.29. The standard InChI is InChI=1S/C9H9BrN2O/c1-5-3-6-7(13-2)4-11-9(10)8(6)12-5/h3-4,12H,1-2H3. The molecule has 2 aromatic rings. The van der Waals surface area contributed by atoms with Crippen molar-refractivity contribution in [3.05, 3.63) is 22.6 Å². The number of pyridine rings is 1. The third kappa shape index (κ3) is 1.31. The van der Waals surface area contributed by atoms with E-state index in [2.05, 4.69) is 25.9 Å². The topological polar surface area (TPSA) is 37.9 Å². The van der Waals surface area contributed by atoms with Crippen LogP contribution in [0.15, 0.2) is 16.9 Å². The lowest BCUT2D eigenvalue weighted by Gasteiger charge is -2.00. The summed E-state index contributed by atoms with van der Waals surface area (Å²) in [5.74, 6) is 0.794. The van der Waals surface area contributed by atoms with E-state index < -0.39 is 0 Å². The van der Waals surface area contributed by atoms with Crippen molar-refractivity contribution in [1.29, 1.82) is 0 Å². The predicted molar refractivity (Wildman–Crippen MR) is 55.1 cm³/mol. The average molecular weight is 241 g/mol. The van der Waals surface area contributed by atoms with E-state index in [0.717, 1.165) is 26.9 Å². The molecule has 2 rings (SSSR count). The maximum absolute atomic E-state index is 5.19. The number of nitrogens with zero attached hydrogens (tertiary/aromatic N) is 1. The van der Waals surface area contributed by atoms with Crippen LogP contribution in [0.2, 0.25) is 0 Å². The Morgan fingerprint density at radius 2 is 2.31 bits per heavy atom. The maximum Gasteiger partial charge on any atom is 0.146 e. The van der Waals surface area contributed by atoms with Gasteiger partial charge in [0.1, 0.15) is 10.4 Å². The van der Waals surface area contributed by atoms with E-state index in [1.807, 2.05) is 13.0 Å². The van der Waals surface area contributed by atoms with Gasteiger partial charge in [0.05, 0.1) is 18.8 Å². The van der Waals surface area contributed by atoms with E-state index in [9.17, 15) is 0 Å². The molecule has 0 radical (unpaired) electrons. The van der Waals surface area contributed by atoms with E-state index in [0.29, 0.717) is 0 Å². The molecular weight excluding hydrogens is 232 g/mol. The fourth-order valence-electron chi connectivity index (χ4n) is 1.36. The first-order valence-corrected chi connectivity index (χ1v) is 4.69. The Kier molecular flexibility index (Phi) is 2.00. The number of ether oxygens (including phenoxy) is 1. The zero-order valence-corrected chi connectivity index (χ0v) is 8.97. The van der Waals surface area contributed by atoms with Gasteiger partial charge >= 0.3 is 0 Å². The van der Waals surface area contributed by atoms with Crippen molar-refractivity contribution in [2.45, 2.75) is 6.92 Å². The monoisotopic (exact) mass is 240 g/mol. The highest BCUT2D eigenvalue weighted by molar-refractivity contribution is 9.10. The molecule has 4 heteroatoms. The van der Waals surface area contributed by atoms with Gasteiger partial charge < -0.3 is 9.72 Å². The Balaban J connectivity index is 2.83. The van der Waals surface area contributed by atoms with Crippen molar-refractivity contribution < 1.29 is 4.74 Å². The molecule has 2 heterocycles. The number of nitrogens with one attached hydrogen (secondary N) is 1. The van der Waals surface area contributed by atoms with Crippen LogP contribution in [0.1, 0.15) is 5.69 Å². The average Bonchev–Trinajstić information content (AvgIpc) is 2.48. The highest BCUT2D eigenvalue weighted by Gasteiger charge is 2.07. The quantitative estimate of drug-likeness (QED) is 0.779. The number of fused-ring (bicyclic) bond motifs is 1. The molecule has 3 nitrogen and oxygen atoms in total. The van der Waals surface area contributed by atoms with Crippen molar-refractivity contribution >= 4 is 26.8 Å². The third-order valence-corrected chi connectivity index (χ3v) is 2.54. The molecule has 2 aromatic heterocycles. The predicted octanol–water partition coefficient (Wildman–Crippen LogP) is 2.64. The summed E-state index contributed by atoms with van der Waals surface area (Å²) in [6, 6.07) is 2.04. The maximum atomic E-state index is 5.19. The van der Waals surface area contributed by atoms with E-state index >= 15 is 0 Å². The fourth-order valence-corrected chi connectivity index (χ4v) is 1.77. The van der Waals surface area contributed by atoms with Crippen LogP contribution in [0.3, 0.4) is 0 Å². The van der Waals surface area contributed by atoms with Crippen LogP contribution >= 0.6 is 15.9 Å². The molecule has 0 aliphatic carbocycles. The zero-order valence-electron chi connectivity index (χ0n) is 7.39. The summed E-state index contributed by atoms with van der Waals surface area (Å²) in [4.78, 5) is 7.36. The minimum absolute atomic E-state index is 0.794. The van der Waals surface area contributed by atoms with Crippen LogP contribution in [-0.4, -0.2) is 17.1 Å². The Morgan fingerprint density at radius 3 is 3.00 bits per heavy atom. The second-order valence-electron chi connectivity index (χ2n) is 2.86.